The molecule has 49 heavy (non-hydrogen) atoms. The number of aromatic nitrogens is 5. The van der Waals surface area contributed by atoms with Crippen molar-refractivity contribution in [2.75, 3.05) is 25.0 Å². The van der Waals surface area contributed by atoms with Gasteiger partial charge in [0.1, 0.15) is 6.17 Å². The first-order valence-electron chi connectivity index (χ1n) is 16.0. The molecule has 0 radical (unpaired) electrons. The number of amides is 1. The normalized spacial score (nSPS) is 17.6. The number of piperidine rings is 1. The number of hydrogen-bond acceptors (Lipinski definition) is 7. The second-order valence-corrected chi connectivity index (χ2v) is 13.5. The van der Waals surface area contributed by atoms with Gasteiger partial charge in [0.15, 0.2) is 11.2 Å². The number of likely N-dealkylation sites (tertiary alicyclic amines) is 1. The summed E-state index contributed by atoms with van der Waals surface area (Å²) in [6, 6.07) is 7.38. The molecule has 1 unspecified atom stereocenters. The number of alkyl halides is 4. The topological polar surface area (TPSA) is 101 Å². The number of imidazole rings is 1. The molecule has 1 fully saturated rings. The molecular weight excluding hydrogens is 658 g/mol. The molecule has 0 aliphatic carbocycles. The molecule has 2 aliphatic heterocycles. The summed E-state index contributed by atoms with van der Waals surface area (Å²) in [6.45, 7) is 4.58. The SMILES string of the molecule is Cc1c(C#Cc2ccc(CN3CCC(CO)CC3)cc2)cc(C(F)(F)F)c2cn(C(C(=O)Nc3nccs3)c3ncn4c3C[C@@H](F)C4)nc12. The van der Waals surface area contributed by atoms with Gasteiger partial charge in [-0.25, -0.2) is 14.4 Å². The van der Waals surface area contributed by atoms with Crippen LogP contribution >= 0.6 is 11.3 Å². The molecule has 0 saturated carbocycles. The number of fused-ring (bicyclic) bond motifs is 2. The van der Waals surface area contributed by atoms with Gasteiger partial charge in [-0.1, -0.05) is 24.0 Å². The molecule has 254 valence electrons. The zero-order chi connectivity index (χ0) is 34.3. The second-order valence-electron chi connectivity index (χ2n) is 12.6. The van der Waals surface area contributed by atoms with Crippen molar-refractivity contribution in [3.63, 3.8) is 0 Å². The molecule has 0 bridgehead atoms. The zero-order valence-electron chi connectivity index (χ0n) is 26.5. The highest BCUT2D eigenvalue weighted by molar-refractivity contribution is 7.13. The highest BCUT2D eigenvalue weighted by Gasteiger charge is 2.38. The van der Waals surface area contributed by atoms with Crippen LogP contribution in [-0.2, 0) is 30.5 Å². The van der Waals surface area contributed by atoms with Crippen LogP contribution in [0.15, 0.2) is 54.4 Å². The highest BCUT2D eigenvalue weighted by atomic mass is 32.1. The number of benzene rings is 2. The molecule has 7 rings (SSSR count). The minimum absolute atomic E-state index is 0.0218. The number of aryl methyl sites for hydroxylation is 1. The fraction of sp³-hybridized carbons (Fsp3) is 0.371. The molecule has 1 saturated heterocycles. The Hall–Kier alpha value is -4.58. The van der Waals surface area contributed by atoms with Gasteiger partial charge in [-0.05, 0) is 68.1 Å². The van der Waals surface area contributed by atoms with Crippen molar-refractivity contribution >= 4 is 33.3 Å². The Morgan fingerprint density at radius 2 is 1.94 bits per heavy atom. The van der Waals surface area contributed by atoms with E-state index in [1.165, 1.54) is 34.7 Å². The number of halogens is 4. The van der Waals surface area contributed by atoms with Crippen molar-refractivity contribution in [1.29, 1.82) is 0 Å². The van der Waals surface area contributed by atoms with Gasteiger partial charge in [0.2, 0.25) is 0 Å². The van der Waals surface area contributed by atoms with E-state index in [9.17, 15) is 27.5 Å². The van der Waals surface area contributed by atoms with Crippen LogP contribution in [0.1, 0.15) is 58.1 Å². The molecular formula is C35H33F4N7O2S. The fourth-order valence-electron chi connectivity index (χ4n) is 6.59. The first-order chi connectivity index (χ1) is 23.6. The lowest BCUT2D eigenvalue weighted by atomic mass is 9.97. The maximum absolute atomic E-state index is 14.5. The van der Waals surface area contributed by atoms with Gasteiger partial charge < -0.3 is 9.67 Å². The Kier molecular flexibility index (Phi) is 8.99. The molecule has 2 aliphatic rings. The van der Waals surface area contributed by atoms with E-state index >= 15 is 0 Å². The average Bonchev–Trinajstić information content (AvgIpc) is 3.88. The predicted molar refractivity (Wildman–Crippen MR) is 177 cm³/mol. The number of anilines is 1. The first-order valence-corrected chi connectivity index (χ1v) is 16.9. The van der Waals surface area contributed by atoms with Crippen molar-refractivity contribution < 1.29 is 27.5 Å². The van der Waals surface area contributed by atoms with E-state index in [-0.39, 0.29) is 41.7 Å². The molecule has 5 aromatic rings. The van der Waals surface area contributed by atoms with Gasteiger partial charge in [0.25, 0.3) is 5.91 Å². The summed E-state index contributed by atoms with van der Waals surface area (Å²) in [5.41, 5.74) is 2.17. The van der Waals surface area contributed by atoms with Gasteiger partial charge in [0.05, 0.1) is 29.6 Å². The van der Waals surface area contributed by atoms with Gasteiger partial charge in [0, 0.05) is 59.6 Å². The first kappa shape index (κ1) is 32.9. The molecule has 14 heteroatoms. The van der Waals surface area contributed by atoms with E-state index < -0.39 is 29.9 Å². The summed E-state index contributed by atoms with van der Waals surface area (Å²) in [6.07, 6.45) is 0.202. The Labute approximate surface area is 283 Å². The molecule has 9 nitrogen and oxygen atoms in total. The maximum atomic E-state index is 14.5. The number of carbonyl (C=O) groups is 1. The lowest BCUT2D eigenvalue weighted by Gasteiger charge is -2.31. The van der Waals surface area contributed by atoms with Gasteiger partial charge in [-0.3, -0.25) is 19.7 Å². The summed E-state index contributed by atoms with van der Waals surface area (Å²) < 4.78 is 60.8. The Morgan fingerprint density at radius 3 is 2.63 bits per heavy atom. The number of hydrogen-bond donors (Lipinski definition) is 2. The minimum atomic E-state index is -4.74. The largest absolute Gasteiger partial charge is 0.417 e. The fourth-order valence-corrected chi connectivity index (χ4v) is 7.12. The lowest BCUT2D eigenvalue weighted by molar-refractivity contribution is -0.136. The van der Waals surface area contributed by atoms with E-state index in [4.69, 9.17) is 0 Å². The van der Waals surface area contributed by atoms with Crippen molar-refractivity contribution in [2.24, 2.45) is 5.92 Å². The van der Waals surface area contributed by atoms with Crippen LogP contribution in [0.2, 0.25) is 0 Å². The van der Waals surface area contributed by atoms with Crippen LogP contribution in [0.25, 0.3) is 10.9 Å². The maximum Gasteiger partial charge on any atom is 0.417 e. The summed E-state index contributed by atoms with van der Waals surface area (Å²) in [4.78, 5) is 24.5. The van der Waals surface area contributed by atoms with Crippen molar-refractivity contribution in [3.05, 3.63) is 93.6 Å². The summed E-state index contributed by atoms with van der Waals surface area (Å²) in [7, 11) is 0. The molecule has 2 atom stereocenters. The Balaban J connectivity index is 1.22. The van der Waals surface area contributed by atoms with Crippen LogP contribution < -0.4 is 5.32 Å². The standard InChI is InChI=1S/C35H33F4N7O2S/c1-21-25(7-6-22-2-4-23(5-3-22)16-44-11-8-24(19-47)9-12-44)14-28(35(37,38)39)27-18-46(43-30(21)27)32(33(48)42-34-40-10-13-49-34)31-29-15-26(36)17-45(29)20-41-31/h2-5,10,13-14,18,20,24,26,32,47H,8-9,11-12,15-17,19H2,1H3,(H,40,42,48)/t26-,32?/m1/s1. The van der Waals surface area contributed by atoms with Gasteiger partial charge >= 0.3 is 6.18 Å². The third-order valence-corrected chi connectivity index (χ3v) is 9.95. The Morgan fingerprint density at radius 1 is 1.16 bits per heavy atom. The smallest absolute Gasteiger partial charge is 0.396 e. The van der Waals surface area contributed by atoms with E-state index in [0.717, 1.165) is 44.1 Å². The molecule has 0 spiro atoms. The van der Waals surface area contributed by atoms with E-state index in [0.29, 0.717) is 27.9 Å². The number of nitrogens with zero attached hydrogens (tertiary/aromatic N) is 6. The number of aliphatic hydroxyl groups is 1. The third-order valence-electron chi connectivity index (χ3n) is 9.26. The second kappa shape index (κ2) is 13.4. The highest BCUT2D eigenvalue weighted by Crippen LogP contribution is 2.38. The summed E-state index contributed by atoms with van der Waals surface area (Å²) in [5, 5.41) is 18.4. The molecule has 1 amide bonds. The van der Waals surface area contributed by atoms with E-state index in [2.05, 4.69) is 37.1 Å². The number of rotatable bonds is 7. The number of carbonyl (C=O) groups excluding carboxylic acids is 1. The number of thiazole rings is 1. The zero-order valence-corrected chi connectivity index (χ0v) is 27.4. The van der Waals surface area contributed by atoms with Crippen molar-refractivity contribution in [3.8, 4) is 11.8 Å². The molecule has 3 aromatic heterocycles. The third kappa shape index (κ3) is 6.83. The number of nitrogens with one attached hydrogen (secondary N) is 1. The van der Waals surface area contributed by atoms with Crippen molar-refractivity contribution in [2.45, 2.75) is 57.7 Å². The van der Waals surface area contributed by atoms with Crippen LogP contribution in [0.3, 0.4) is 0 Å². The van der Waals surface area contributed by atoms with Crippen LogP contribution in [0.4, 0.5) is 22.7 Å². The summed E-state index contributed by atoms with van der Waals surface area (Å²) >= 11 is 1.18. The average molecular weight is 692 g/mol. The molecule has 2 aromatic carbocycles. The summed E-state index contributed by atoms with van der Waals surface area (Å²) in [5.74, 6) is 5.68. The van der Waals surface area contributed by atoms with Crippen LogP contribution in [0, 0.1) is 24.7 Å². The molecule has 5 heterocycles. The van der Waals surface area contributed by atoms with Gasteiger partial charge in [-0.15, -0.1) is 11.3 Å². The quantitative estimate of drug-likeness (QED) is 0.167. The Bertz CT molecular complexity index is 2040. The predicted octanol–water partition coefficient (Wildman–Crippen LogP) is 5.74. The van der Waals surface area contributed by atoms with Crippen LogP contribution in [-0.4, -0.2) is 66.1 Å². The molecule has 2 N–H and O–H groups in total. The minimum Gasteiger partial charge on any atom is -0.396 e. The number of aliphatic hydroxyl groups excluding tert-OH is 1. The van der Waals surface area contributed by atoms with E-state index in [1.807, 2.05) is 24.3 Å². The lowest BCUT2D eigenvalue weighted by Crippen LogP contribution is -2.34. The van der Waals surface area contributed by atoms with Crippen molar-refractivity contribution in [1.82, 2.24) is 29.2 Å². The van der Waals surface area contributed by atoms with E-state index in [1.54, 1.807) is 16.9 Å². The van der Waals surface area contributed by atoms with Crippen LogP contribution in [0.5, 0.6) is 0 Å². The van der Waals surface area contributed by atoms with Gasteiger partial charge in [-0.2, -0.15) is 18.3 Å². The monoisotopic (exact) mass is 691 g/mol.